The monoisotopic (exact) mass is 325 g/mol. The lowest BCUT2D eigenvalue weighted by Crippen LogP contribution is -2.45. The normalized spacial score (nSPS) is 24.1. The Kier molecular flexibility index (Phi) is 3.57. The van der Waals surface area contributed by atoms with Crippen LogP contribution in [0.4, 0.5) is 4.39 Å². The topological polar surface area (TPSA) is 80.8 Å². The number of alkyl halides is 1. The van der Waals surface area contributed by atoms with Gasteiger partial charge in [0, 0.05) is 0 Å². The first kappa shape index (κ1) is 14.9. The van der Waals surface area contributed by atoms with E-state index in [1.807, 2.05) is 0 Å². The quantitative estimate of drug-likeness (QED) is 0.473. The number of amides is 2. The minimum absolute atomic E-state index is 0.178. The molecule has 0 bridgehead atoms. The second-order valence-electron chi connectivity index (χ2n) is 4.98. The fraction of sp³-hybridized carbons (Fsp3) is 0.286. The van der Waals surface area contributed by atoms with Crippen LogP contribution in [0.3, 0.4) is 0 Å². The van der Waals surface area contributed by atoms with Gasteiger partial charge in [-0.15, -0.1) is 0 Å². The van der Waals surface area contributed by atoms with Crippen LogP contribution in [0, 0.1) is 0 Å². The van der Waals surface area contributed by atoms with Crippen molar-refractivity contribution in [3.63, 3.8) is 0 Å². The summed E-state index contributed by atoms with van der Waals surface area (Å²) >= 11 is 0. The fourth-order valence-electron chi connectivity index (χ4n) is 2.66. The Morgan fingerprint density at radius 2 is 1.77 bits per heavy atom. The van der Waals surface area contributed by atoms with Crippen LogP contribution < -0.4 is 0 Å². The number of carbonyl (C=O) groups is 2. The highest BCUT2D eigenvalue weighted by atomic mass is 32.2. The summed E-state index contributed by atoms with van der Waals surface area (Å²) in [6.07, 6.45) is 2.31. The van der Waals surface area contributed by atoms with Crippen LogP contribution in [-0.4, -0.2) is 43.3 Å². The molecule has 0 spiro atoms. The largest absolute Gasteiger partial charge is 0.297 e. The standard InChI is InChI=1S/C14H12FNO5S/c15-8-22(19,20)21-12-7-3-6-11(12)16-13(17)9-4-1-2-5-10(9)14(16)18/h1-6,11-12H,7-8H2. The first-order valence-corrected chi connectivity index (χ1v) is 8.13. The number of halogens is 1. The van der Waals surface area contributed by atoms with Crippen LogP contribution in [0.5, 0.6) is 0 Å². The van der Waals surface area contributed by atoms with Gasteiger partial charge in [0.1, 0.15) is 6.10 Å². The molecule has 0 radical (unpaired) electrons. The first-order valence-electron chi connectivity index (χ1n) is 6.55. The van der Waals surface area contributed by atoms with E-state index in [1.165, 1.54) is 18.2 Å². The number of imide groups is 1. The molecule has 1 aromatic carbocycles. The predicted molar refractivity (Wildman–Crippen MR) is 74.3 cm³/mol. The average molecular weight is 325 g/mol. The van der Waals surface area contributed by atoms with Crippen molar-refractivity contribution < 1.29 is 26.6 Å². The van der Waals surface area contributed by atoms with E-state index in [2.05, 4.69) is 0 Å². The zero-order chi connectivity index (χ0) is 15.9. The summed E-state index contributed by atoms with van der Waals surface area (Å²) in [6, 6.07) is 3.82. The molecule has 22 heavy (non-hydrogen) atoms. The van der Waals surface area contributed by atoms with E-state index in [4.69, 9.17) is 4.18 Å². The number of fused-ring (bicyclic) bond motifs is 1. The number of nitrogens with zero attached hydrogens (tertiary/aromatic N) is 1. The van der Waals surface area contributed by atoms with Crippen LogP contribution in [0.2, 0.25) is 0 Å². The van der Waals surface area contributed by atoms with Crippen LogP contribution in [0.1, 0.15) is 27.1 Å². The molecule has 0 saturated carbocycles. The van der Waals surface area contributed by atoms with Crippen molar-refractivity contribution in [3.8, 4) is 0 Å². The van der Waals surface area contributed by atoms with E-state index < -0.39 is 40.1 Å². The molecule has 1 aromatic rings. The summed E-state index contributed by atoms with van der Waals surface area (Å²) in [5, 5.41) is 0. The summed E-state index contributed by atoms with van der Waals surface area (Å²) in [4.78, 5) is 25.7. The van der Waals surface area contributed by atoms with Crippen molar-refractivity contribution in [2.24, 2.45) is 0 Å². The molecule has 8 heteroatoms. The van der Waals surface area contributed by atoms with Gasteiger partial charge in [0.2, 0.25) is 6.01 Å². The van der Waals surface area contributed by atoms with Gasteiger partial charge in [0.25, 0.3) is 21.9 Å². The SMILES string of the molecule is O=C1c2ccccc2C(=O)N1C1C=CCC1OS(=O)(=O)CF. The molecule has 0 N–H and O–H groups in total. The summed E-state index contributed by atoms with van der Waals surface area (Å²) < 4.78 is 39.7. The van der Waals surface area contributed by atoms with Crippen molar-refractivity contribution in [3.05, 3.63) is 47.5 Å². The molecule has 2 aliphatic rings. The van der Waals surface area contributed by atoms with Crippen LogP contribution in [0.25, 0.3) is 0 Å². The Labute approximate surface area is 126 Å². The van der Waals surface area contributed by atoms with Gasteiger partial charge >= 0.3 is 0 Å². The highest BCUT2D eigenvalue weighted by Crippen LogP contribution is 2.30. The maximum absolute atomic E-state index is 12.4. The Bertz CT molecular complexity index is 738. The van der Waals surface area contributed by atoms with Gasteiger partial charge in [-0.25, -0.2) is 4.39 Å². The van der Waals surface area contributed by atoms with E-state index in [0.29, 0.717) is 0 Å². The number of hydrogen-bond acceptors (Lipinski definition) is 5. The molecular formula is C14H12FNO5S. The molecule has 6 nitrogen and oxygen atoms in total. The van der Waals surface area contributed by atoms with Crippen LogP contribution in [0.15, 0.2) is 36.4 Å². The van der Waals surface area contributed by atoms with Gasteiger partial charge in [-0.2, -0.15) is 8.42 Å². The van der Waals surface area contributed by atoms with Crippen LogP contribution in [-0.2, 0) is 14.3 Å². The van der Waals surface area contributed by atoms with Crippen molar-refractivity contribution in [2.75, 3.05) is 6.01 Å². The summed E-state index contributed by atoms with van der Waals surface area (Å²) in [5.74, 6) is -1.02. The lowest BCUT2D eigenvalue weighted by molar-refractivity contribution is 0.0504. The van der Waals surface area contributed by atoms with Gasteiger partial charge in [-0.05, 0) is 18.6 Å². The average Bonchev–Trinajstić information content (AvgIpc) is 3.03. The smallest absolute Gasteiger partial charge is 0.269 e. The molecule has 116 valence electrons. The van der Waals surface area contributed by atoms with Crippen molar-refractivity contribution in [2.45, 2.75) is 18.6 Å². The highest BCUT2D eigenvalue weighted by Gasteiger charge is 2.44. The van der Waals surface area contributed by atoms with Gasteiger partial charge in [-0.1, -0.05) is 24.3 Å². The van der Waals surface area contributed by atoms with E-state index in [0.717, 1.165) is 4.90 Å². The maximum atomic E-state index is 12.4. The Balaban J connectivity index is 1.90. The third-order valence-electron chi connectivity index (χ3n) is 3.61. The zero-order valence-corrected chi connectivity index (χ0v) is 12.1. The lowest BCUT2D eigenvalue weighted by Gasteiger charge is -2.26. The van der Waals surface area contributed by atoms with E-state index in [-0.39, 0.29) is 17.5 Å². The van der Waals surface area contributed by atoms with Crippen molar-refractivity contribution in [1.82, 2.24) is 4.90 Å². The molecule has 2 atom stereocenters. The third kappa shape index (κ3) is 2.34. The molecule has 1 heterocycles. The van der Waals surface area contributed by atoms with Crippen molar-refractivity contribution >= 4 is 21.9 Å². The second kappa shape index (κ2) is 5.29. The van der Waals surface area contributed by atoms with E-state index >= 15 is 0 Å². The molecular weight excluding hydrogens is 313 g/mol. The zero-order valence-electron chi connectivity index (χ0n) is 11.3. The Morgan fingerprint density at radius 3 is 2.32 bits per heavy atom. The first-order chi connectivity index (χ1) is 10.4. The van der Waals surface area contributed by atoms with E-state index in [1.54, 1.807) is 18.2 Å². The third-order valence-corrected chi connectivity index (χ3v) is 4.42. The lowest BCUT2D eigenvalue weighted by atomic mass is 10.1. The molecule has 1 aliphatic heterocycles. The second-order valence-corrected chi connectivity index (χ2v) is 6.51. The minimum atomic E-state index is -4.32. The number of rotatable bonds is 4. The van der Waals surface area contributed by atoms with E-state index in [9.17, 15) is 22.4 Å². The molecule has 0 aromatic heterocycles. The molecule has 2 amide bonds. The summed E-state index contributed by atoms with van der Waals surface area (Å²) in [7, 11) is -4.32. The fourth-order valence-corrected chi connectivity index (χ4v) is 3.28. The Hall–Kier alpha value is -2.06. The molecule has 0 saturated heterocycles. The van der Waals surface area contributed by atoms with Gasteiger partial charge in [0.05, 0.1) is 17.2 Å². The van der Waals surface area contributed by atoms with Crippen molar-refractivity contribution in [1.29, 1.82) is 0 Å². The molecule has 3 rings (SSSR count). The Morgan fingerprint density at radius 1 is 1.18 bits per heavy atom. The van der Waals surface area contributed by atoms with Gasteiger partial charge in [-0.3, -0.25) is 18.7 Å². The predicted octanol–water partition coefficient (Wildman–Crippen LogP) is 1.25. The molecule has 1 aliphatic carbocycles. The number of benzene rings is 1. The molecule has 0 fully saturated rings. The maximum Gasteiger partial charge on any atom is 0.297 e. The minimum Gasteiger partial charge on any atom is -0.269 e. The number of hydrogen-bond donors (Lipinski definition) is 0. The van der Waals surface area contributed by atoms with Gasteiger partial charge < -0.3 is 0 Å². The highest BCUT2D eigenvalue weighted by molar-refractivity contribution is 7.86. The molecule has 2 unspecified atom stereocenters. The van der Waals surface area contributed by atoms with Gasteiger partial charge in [0.15, 0.2) is 0 Å². The summed E-state index contributed by atoms with van der Waals surface area (Å²) in [6.45, 7) is 0. The van der Waals surface area contributed by atoms with Crippen LogP contribution >= 0.6 is 0 Å². The summed E-state index contributed by atoms with van der Waals surface area (Å²) in [5.41, 5.74) is 0.528. The number of carbonyl (C=O) groups excluding carboxylic acids is 2.